The second-order valence-electron chi connectivity index (χ2n) is 6.58. The monoisotopic (exact) mass is 361 g/mol. The van der Waals surface area contributed by atoms with E-state index in [2.05, 4.69) is 45.8 Å². The van der Waals surface area contributed by atoms with Gasteiger partial charge < -0.3 is 10.2 Å². The van der Waals surface area contributed by atoms with Crippen molar-refractivity contribution >= 4 is 17.4 Å². The van der Waals surface area contributed by atoms with Crippen LogP contribution >= 0.6 is 11.3 Å². The minimum absolute atomic E-state index is 0.0594. The molecule has 25 heavy (non-hydrogen) atoms. The van der Waals surface area contributed by atoms with Gasteiger partial charge in [-0.3, -0.25) is 9.58 Å². The highest BCUT2D eigenvalue weighted by Gasteiger charge is 2.20. The fraction of sp³-hybridized carbons (Fsp3) is 0.556. The molecule has 0 aromatic carbocycles. The molecule has 0 aliphatic carbocycles. The van der Waals surface area contributed by atoms with Crippen LogP contribution in [-0.4, -0.2) is 58.3 Å². The zero-order valence-corrected chi connectivity index (χ0v) is 15.9. The van der Waals surface area contributed by atoms with Gasteiger partial charge >= 0.3 is 6.03 Å². The van der Waals surface area contributed by atoms with Crippen LogP contribution in [0.1, 0.15) is 22.7 Å². The van der Waals surface area contributed by atoms with Crippen LogP contribution in [-0.2, 0) is 13.1 Å². The first-order valence-electron chi connectivity index (χ1n) is 8.90. The van der Waals surface area contributed by atoms with Gasteiger partial charge in [0, 0.05) is 56.4 Å². The topological polar surface area (TPSA) is 53.4 Å². The molecule has 2 aromatic rings. The molecule has 0 spiro atoms. The fourth-order valence-electron chi connectivity index (χ4n) is 3.17. The summed E-state index contributed by atoms with van der Waals surface area (Å²) in [6, 6.07) is 6.40. The van der Waals surface area contributed by atoms with Gasteiger partial charge in [0.25, 0.3) is 0 Å². The van der Waals surface area contributed by atoms with Gasteiger partial charge in [-0.15, -0.1) is 11.3 Å². The van der Waals surface area contributed by atoms with Gasteiger partial charge in [0.2, 0.25) is 0 Å². The number of nitrogens with one attached hydrogen (secondary N) is 1. The Hall–Kier alpha value is -1.86. The van der Waals surface area contributed by atoms with Gasteiger partial charge in [-0.25, -0.2) is 4.79 Å². The molecule has 136 valence electrons. The maximum atomic E-state index is 12.3. The molecule has 7 heteroatoms. The van der Waals surface area contributed by atoms with Crippen molar-refractivity contribution in [3.63, 3.8) is 0 Å². The molecule has 0 bridgehead atoms. The summed E-state index contributed by atoms with van der Waals surface area (Å²) >= 11 is 1.80. The summed E-state index contributed by atoms with van der Waals surface area (Å²) in [6.07, 6.45) is 0.895. The van der Waals surface area contributed by atoms with Gasteiger partial charge in [0.05, 0.1) is 5.69 Å². The number of urea groups is 1. The van der Waals surface area contributed by atoms with E-state index in [9.17, 15) is 4.79 Å². The number of hydrogen-bond donors (Lipinski definition) is 1. The molecule has 1 aliphatic rings. The van der Waals surface area contributed by atoms with Crippen LogP contribution in [0.3, 0.4) is 0 Å². The van der Waals surface area contributed by atoms with Crippen LogP contribution in [0.4, 0.5) is 4.79 Å². The number of piperazine rings is 1. The zero-order valence-electron chi connectivity index (χ0n) is 15.1. The number of aromatic nitrogens is 2. The van der Waals surface area contributed by atoms with Crippen molar-refractivity contribution in [2.75, 3.05) is 32.7 Å². The highest BCUT2D eigenvalue weighted by Crippen LogP contribution is 2.13. The Morgan fingerprint density at radius 1 is 1.28 bits per heavy atom. The van der Waals surface area contributed by atoms with Crippen molar-refractivity contribution in [1.29, 1.82) is 0 Å². The molecule has 0 saturated carbocycles. The van der Waals surface area contributed by atoms with E-state index in [1.54, 1.807) is 11.3 Å². The Labute approximate surface area is 153 Å². The van der Waals surface area contributed by atoms with E-state index < -0.39 is 0 Å². The molecule has 3 heterocycles. The molecule has 2 aromatic heterocycles. The van der Waals surface area contributed by atoms with Gasteiger partial charge in [-0.05, 0) is 37.8 Å². The average molecular weight is 362 g/mol. The molecule has 0 radical (unpaired) electrons. The lowest BCUT2D eigenvalue weighted by molar-refractivity contribution is 0.136. The fourth-order valence-corrected chi connectivity index (χ4v) is 3.92. The Morgan fingerprint density at radius 2 is 2.08 bits per heavy atom. The Morgan fingerprint density at radius 3 is 2.72 bits per heavy atom. The molecule has 0 atom stereocenters. The number of hydrogen-bond acceptors (Lipinski definition) is 4. The maximum Gasteiger partial charge on any atom is 0.317 e. The standard InChI is InChI=1S/C18H27N5OS/c1-15-13-16(2)23(20-15)7-4-6-19-18(24)22-10-8-21(9-11-22)14-17-5-3-12-25-17/h3,5,12-13H,4,6-11,14H2,1-2H3,(H,19,24). The predicted octanol–water partition coefficient (Wildman–Crippen LogP) is 2.48. The third kappa shape index (κ3) is 5.06. The van der Waals surface area contributed by atoms with Gasteiger partial charge in [0.15, 0.2) is 0 Å². The van der Waals surface area contributed by atoms with Gasteiger partial charge in [0.1, 0.15) is 0 Å². The molecule has 1 saturated heterocycles. The number of thiophene rings is 1. The number of nitrogens with zero attached hydrogens (tertiary/aromatic N) is 4. The normalized spacial score (nSPS) is 15.5. The van der Waals surface area contributed by atoms with Crippen LogP contribution < -0.4 is 5.32 Å². The average Bonchev–Trinajstić information content (AvgIpc) is 3.21. The van der Waals surface area contributed by atoms with Crippen LogP contribution in [0.25, 0.3) is 0 Å². The smallest absolute Gasteiger partial charge is 0.317 e. The van der Waals surface area contributed by atoms with E-state index in [4.69, 9.17) is 0 Å². The lowest BCUT2D eigenvalue weighted by atomic mass is 10.3. The summed E-state index contributed by atoms with van der Waals surface area (Å²) in [5.41, 5.74) is 2.22. The molecular weight excluding hydrogens is 334 g/mol. The summed E-state index contributed by atoms with van der Waals surface area (Å²) in [5, 5.41) is 9.60. The summed E-state index contributed by atoms with van der Waals surface area (Å²) in [5.74, 6) is 0. The van der Waals surface area contributed by atoms with Crippen LogP contribution in [0.15, 0.2) is 23.6 Å². The van der Waals surface area contributed by atoms with Crippen LogP contribution in [0.5, 0.6) is 0 Å². The largest absolute Gasteiger partial charge is 0.338 e. The number of rotatable bonds is 6. The molecular formula is C18H27N5OS. The van der Waals surface area contributed by atoms with Gasteiger partial charge in [-0.2, -0.15) is 5.10 Å². The van der Waals surface area contributed by atoms with Crippen molar-refractivity contribution in [2.24, 2.45) is 0 Å². The molecule has 2 amide bonds. The van der Waals surface area contributed by atoms with Crippen LogP contribution in [0.2, 0.25) is 0 Å². The van der Waals surface area contributed by atoms with Crippen molar-refractivity contribution in [3.05, 3.63) is 39.8 Å². The van der Waals surface area contributed by atoms with E-state index in [1.807, 2.05) is 16.5 Å². The SMILES string of the molecule is Cc1cc(C)n(CCCNC(=O)N2CCN(Cc3cccs3)CC2)n1. The van der Waals surface area contributed by atoms with Crippen molar-refractivity contribution < 1.29 is 4.79 Å². The number of amides is 2. The Bertz CT molecular complexity index is 674. The predicted molar refractivity (Wildman–Crippen MR) is 101 cm³/mol. The maximum absolute atomic E-state index is 12.3. The van der Waals surface area contributed by atoms with E-state index >= 15 is 0 Å². The Balaban J connectivity index is 1.33. The number of aryl methyl sites for hydroxylation is 3. The quantitative estimate of drug-likeness (QED) is 0.804. The molecule has 0 unspecified atom stereocenters. The molecule has 6 nitrogen and oxygen atoms in total. The third-order valence-electron chi connectivity index (χ3n) is 4.55. The van der Waals surface area contributed by atoms with E-state index in [1.165, 1.54) is 10.6 Å². The lowest BCUT2D eigenvalue weighted by Gasteiger charge is -2.34. The van der Waals surface area contributed by atoms with E-state index in [0.717, 1.165) is 51.4 Å². The van der Waals surface area contributed by atoms with Crippen molar-refractivity contribution in [3.8, 4) is 0 Å². The third-order valence-corrected chi connectivity index (χ3v) is 5.41. The summed E-state index contributed by atoms with van der Waals surface area (Å²) in [7, 11) is 0. The van der Waals surface area contributed by atoms with Gasteiger partial charge in [-0.1, -0.05) is 6.07 Å². The minimum atomic E-state index is 0.0594. The highest BCUT2D eigenvalue weighted by atomic mass is 32.1. The summed E-state index contributed by atoms with van der Waals surface area (Å²) in [6.45, 7) is 10.1. The first kappa shape index (κ1) is 17.9. The molecule has 1 fully saturated rings. The summed E-state index contributed by atoms with van der Waals surface area (Å²) in [4.78, 5) is 18.0. The lowest BCUT2D eigenvalue weighted by Crippen LogP contribution is -2.51. The molecule has 1 N–H and O–H groups in total. The first-order valence-corrected chi connectivity index (χ1v) is 9.78. The van der Waals surface area contributed by atoms with E-state index in [0.29, 0.717) is 6.54 Å². The minimum Gasteiger partial charge on any atom is -0.338 e. The van der Waals surface area contributed by atoms with Crippen molar-refractivity contribution in [1.82, 2.24) is 24.9 Å². The molecule has 1 aliphatic heterocycles. The molecule has 3 rings (SSSR count). The van der Waals surface area contributed by atoms with Crippen LogP contribution in [0, 0.1) is 13.8 Å². The number of carbonyl (C=O) groups is 1. The van der Waals surface area contributed by atoms with E-state index in [-0.39, 0.29) is 6.03 Å². The second-order valence-corrected chi connectivity index (χ2v) is 7.61. The summed E-state index contributed by atoms with van der Waals surface area (Å²) < 4.78 is 2.00. The second kappa shape index (κ2) is 8.49. The number of carbonyl (C=O) groups excluding carboxylic acids is 1. The Kier molecular flexibility index (Phi) is 6.09. The van der Waals surface area contributed by atoms with Crippen molar-refractivity contribution in [2.45, 2.75) is 33.4 Å². The zero-order chi connectivity index (χ0) is 17.6. The first-order chi connectivity index (χ1) is 12.1. The highest BCUT2D eigenvalue weighted by molar-refractivity contribution is 7.09.